The SMILES string of the molecule is O=C1CN(CCCCCCBr)C(=O)CN1CCCCCCBr. The molecule has 1 aliphatic heterocycles. The first kappa shape index (κ1) is 19.9. The van der Waals surface area contributed by atoms with Crippen molar-refractivity contribution >= 4 is 43.7 Å². The van der Waals surface area contributed by atoms with Gasteiger partial charge in [-0.1, -0.05) is 57.5 Å². The normalized spacial score (nSPS) is 15.7. The van der Waals surface area contributed by atoms with Gasteiger partial charge >= 0.3 is 0 Å². The highest BCUT2D eigenvalue weighted by molar-refractivity contribution is 9.09. The number of halogens is 2. The maximum atomic E-state index is 12.1. The summed E-state index contributed by atoms with van der Waals surface area (Å²) in [6.07, 6.45) is 8.97. The fourth-order valence-electron chi connectivity index (χ4n) is 2.61. The first-order valence-corrected chi connectivity index (χ1v) is 10.6. The molecule has 1 fully saturated rings. The first-order valence-electron chi connectivity index (χ1n) is 8.36. The Kier molecular flexibility index (Phi) is 11.2. The Labute approximate surface area is 151 Å². The topological polar surface area (TPSA) is 40.6 Å². The third kappa shape index (κ3) is 7.95. The summed E-state index contributed by atoms with van der Waals surface area (Å²) in [7, 11) is 0. The molecule has 1 rings (SSSR count). The number of rotatable bonds is 12. The Bertz CT molecular complexity index is 308. The molecule has 0 aromatic heterocycles. The van der Waals surface area contributed by atoms with Gasteiger partial charge in [0.05, 0.1) is 13.1 Å². The van der Waals surface area contributed by atoms with Crippen molar-refractivity contribution < 1.29 is 9.59 Å². The van der Waals surface area contributed by atoms with Crippen molar-refractivity contribution in [2.45, 2.75) is 51.4 Å². The highest BCUT2D eigenvalue weighted by atomic mass is 79.9. The van der Waals surface area contributed by atoms with Gasteiger partial charge in [-0.05, 0) is 25.7 Å². The molecular formula is C16H28Br2N2O2. The van der Waals surface area contributed by atoms with Gasteiger partial charge in [0.1, 0.15) is 0 Å². The summed E-state index contributed by atoms with van der Waals surface area (Å²) in [6.45, 7) is 2.01. The highest BCUT2D eigenvalue weighted by Crippen LogP contribution is 2.10. The molecule has 0 aromatic carbocycles. The number of hydrogen-bond donors (Lipinski definition) is 0. The minimum Gasteiger partial charge on any atom is -0.332 e. The Hall–Kier alpha value is -0.100. The summed E-state index contributed by atoms with van der Waals surface area (Å²) >= 11 is 6.84. The number of hydrogen-bond acceptors (Lipinski definition) is 2. The molecule has 0 unspecified atom stereocenters. The molecule has 0 atom stereocenters. The molecule has 0 aliphatic carbocycles. The van der Waals surface area contributed by atoms with Crippen molar-refractivity contribution in [3.05, 3.63) is 0 Å². The third-order valence-electron chi connectivity index (χ3n) is 3.98. The maximum absolute atomic E-state index is 12.1. The van der Waals surface area contributed by atoms with E-state index in [-0.39, 0.29) is 24.9 Å². The van der Waals surface area contributed by atoms with E-state index in [0.29, 0.717) is 0 Å². The molecule has 128 valence electrons. The summed E-state index contributed by atoms with van der Waals surface area (Å²) in [4.78, 5) is 27.7. The second-order valence-electron chi connectivity index (χ2n) is 5.84. The largest absolute Gasteiger partial charge is 0.332 e. The van der Waals surface area contributed by atoms with Crippen LogP contribution in [0.25, 0.3) is 0 Å². The van der Waals surface area contributed by atoms with Gasteiger partial charge in [-0.25, -0.2) is 0 Å². The number of unbranched alkanes of at least 4 members (excludes halogenated alkanes) is 6. The number of amides is 2. The van der Waals surface area contributed by atoms with E-state index < -0.39 is 0 Å². The van der Waals surface area contributed by atoms with E-state index in [1.807, 2.05) is 0 Å². The van der Waals surface area contributed by atoms with Gasteiger partial charge in [0, 0.05) is 23.7 Å². The highest BCUT2D eigenvalue weighted by Gasteiger charge is 2.28. The van der Waals surface area contributed by atoms with E-state index in [1.165, 1.54) is 25.7 Å². The minimum atomic E-state index is 0.112. The molecule has 1 saturated heterocycles. The molecular weight excluding hydrogens is 412 g/mol. The predicted octanol–water partition coefficient (Wildman–Crippen LogP) is 3.57. The smallest absolute Gasteiger partial charge is 0.242 e. The molecule has 6 heteroatoms. The third-order valence-corrected chi connectivity index (χ3v) is 5.10. The van der Waals surface area contributed by atoms with E-state index in [2.05, 4.69) is 31.9 Å². The summed E-state index contributed by atoms with van der Waals surface area (Å²) in [5.74, 6) is 0.223. The van der Waals surface area contributed by atoms with Crippen LogP contribution in [0.2, 0.25) is 0 Å². The zero-order valence-electron chi connectivity index (χ0n) is 13.4. The van der Waals surface area contributed by atoms with Gasteiger partial charge in [-0.15, -0.1) is 0 Å². The zero-order valence-corrected chi connectivity index (χ0v) is 16.5. The second-order valence-corrected chi connectivity index (χ2v) is 7.42. The van der Waals surface area contributed by atoms with Crippen LogP contribution in [0.5, 0.6) is 0 Å². The van der Waals surface area contributed by atoms with Crippen LogP contribution in [0.3, 0.4) is 0 Å². The van der Waals surface area contributed by atoms with Crippen molar-refractivity contribution in [2.75, 3.05) is 36.8 Å². The summed E-state index contributed by atoms with van der Waals surface area (Å²) < 4.78 is 0. The molecule has 0 aromatic rings. The van der Waals surface area contributed by atoms with Crippen LogP contribution in [0.4, 0.5) is 0 Å². The number of alkyl halides is 2. The minimum absolute atomic E-state index is 0.112. The van der Waals surface area contributed by atoms with Crippen molar-refractivity contribution in [3.63, 3.8) is 0 Å². The Morgan fingerprint density at radius 2 is 1.00 bits per heavy atom. The number of carbonyl (C=O) groups excluding carboxylic acids is 2. The lowest BCUT2D eigenvalue weighted by Gasteiger charge is -2.34. The van der Waals surface area contributed by atoms with Crippen molar-refractivity contribution in [2.24, 2.45) is 0 Å². The van der Waals surface area contributed by atoms with Gasteiger partial charge in [-0.3, -0.25) is 9.59 Å². The summed E-state index contributed by atoms with van der Waals surface area (Å²) in [5.41, 5.74) is 0. The van der Waals surface area contributed by atoms with Crippen LogP contribution < -0.4 is 0 Å². The average molecular weight is 440 g/mol. The van der Waals surface area contributed by atoms with Gasteiger partial charge in [0.15, 0.2) is 0 Å². The van der Waals surface area contributed by atoms with E-state index in [1.54, 1.807) is 9.80 Å². The molecule has 0 saturated carbocycles. The zero-order chi connectivity index (χ0) is 16.2. The van der Waals surface area contributed by atoms with Crippen LogP contribution in [-0.4, -0.2) is 58.5 Å². The molecule has 4 nitrogen and oxygen atoms in total. The van der Waals surface area contributed by atoms with Crippen molar-refractivity contribution in [1.29, 1.82) is 0 Å². The predicted molar refractivity (Wildman–Crippen MR) is 97.7 cm³/mol. The van der Waals surface area contributed by atoms with Crippen LogP contribution in [0.1, 0.15) is 51.4 Å². The molecule has 2 amide bonds. The molecule has 0 bridgehead atoms. The average Bonchev–Trinajstić information content (AvgIpc) is 2.51. The van der Waals surface area contributed by atoms with Gasteiger partial charge in [-0.2, -0.15) is 0 Å². The fraction of sp³-hybridized carbons (Fsp3) is 0.875. The van der Waals surface area contributed by atoms with E-state index in [9.17, 15) is 9.59 Å². The lowest BCUT2D eigenvalue weighted by atomic mass is 10.1. The monoisotopic (exact) mass is 438 g/mol. The molecule has 0 N–H and O–H groups in total. The van der Waals surface area contributed by atoms with Crippen LogP contribution >= 0.6 is 31.9 Å². The van der Waals surface area contributed by atoms with Crippen LogP contribution in [0, 0.1) is 0 Å². The number of carbonyl (C=O) groups is 2. The van der Waals surface area contributed by atoms with E-state index >= 15 is 0 Å². The Morgan fingerprint density at radius 1 is 0.636 bits per heavy atom. The van der Waals surface area contributed by atoms with E-state index in [0.717, 1.165) is 49.4 Å². The lowest BCUT2D eigenvalue weighted by Crippen LogP contribution is -2.54. The number of nitrogens with zero attached hydrogens (tertiary/aromatic N) is 2. The first-order chi connectivity index (χ1) is 10.7. The van der Waals surface area contributed by atoms with Gasteiger partial charge < -0.3 is 9.80 Å². The summed E-state index contributed by atoms with van der Waals surface area (Å²) in [6, 6.07) is 0. The van der Waals surface area contributed by atoms with Crippen molar-refractivity contribution in [3.8, 4) is 0 Å². The maximum Gasteiger partial charge on any atom is 0.242 e. The van der Waals surface area contributed by atoms with Crippen molar-refractivity contribution in [1.82, 2.24) is 9.80 Å². The quantitative estimate of drug-likeness (QED) is 0.344. The fourth-order valence-corrected chi connectivity index (χ4v) is 3.40. The molecule has 0 spiro atoms. The Balaban J connectivity index is 2.20. The molecule has 1 heterocycles. The summed E-state index contributed by atoms with van der Waals surface area (Å²) in [5, 5.41) is 2.08. The standard InChI is InChI=1S/C16H28Br2N2O2/c17-9-5-1-3-7-11-19-13-16(22)20(14-15(19)21)12-8-4-2-6-10-18/h1-14H2. The number of piperazine rings is 1. The molecule has 22 heavy (non-hydrogen) atoms. The Morgan fingerprint density at radius 3 is 1.36 bits per heavy atom. The molecule has 1 aliphatic rings. The lowest BCUT2D eigenvalue weighted by molar-refractivity contribution is -0.150. The van der Waals surface area contributed by atoms with Gasteiger partial charge in [0.25, 0.3) is 0 Å². The molecule has 0 radical (unpaired) electrons. The van der Waals surface area contributed by atoms with Gasteiger partial charge in [0.2, 0.25) is 11.8 Å². The van der Waals surface area contributed by atoms with Crippen LogP contribution in [0.15, 0.2) is 0 Å². The van der Waals surface area contributed by atoms with Crippen LogP contribution in [-0.2, 0) is 9.59 Å². The van der Waals surface area contributed by atoms with E-state index in [4.69, 9.17) is 0 Å². The second kappa shape index (κ2) is 12.3.